The van der Waals surface area contributed by atoms with E-state index in [0.717, 1.165) is 19.3 Å². The van der Waals surface area contributed by atoms with Crippen LogP contribution in [0.5, 0.6) is 0 Å². The van der Waals surface area contributed by atoms with Crippen molar-refractivity contribution in [2.24, 2.45) is 5.92 Å². The Bertz CT molecular complexity index is 1050. The van der Waals surface area contributed by atoms with Gasteiger partial charge in [0.25, 0.3) is 0 Å². The molecule has 0 radical (unpaired) electrons. The summed E-state index contributed by atoms with van der Waals surface area (Å²) in [7, 11) is -3.56. The Morgan fingerprint density at radius 2 is 1.68 bits per heavy atom. The standard InChI is InChI=1S/C23H26Cl2N2O3S/c24-20-8-4-9-21(25)19(20)15-31(29,30)27-13-11-17(12-14-27)23(28)26-22-10-3-6-16-5-1-2-7-18(16)22/h1-2,4-5,7-9,17,22H,3,6,10-15H2,(H,26,28). The van der Waals surface area contributed by atoms with Crippen LogP contribution < -0.4 is 5.32 Å². The summed E-state index contributed by atoms with van der Waals surface area (Å²) in [6, 6.07) is 13.3. The second kappa shape index (κ2) is 9.49. The summed E-state index contributed by atoms with van der Waals surface area (Å²) in [5.41, 5.74) is 2.93. The van der Waals surface area contributed by atoms with Crippen molar-refractivity contribution >= 4 is 39.1 Å². The highest BCUT2D eigenvalue weighted by atomic mass is 35.5. The highest BCUT2D eigenvalue weighted by Gasteiger charge is 2.33. The first-order chi connectivity index (χ1) is 14.8. The third-order valence-electron chi connectivity index (χ3n) is 6.29. The van der Waals surface area contributed by atoms with Crippen molar-refractivity contribution in [3.63, 3.8) is 0 Å². The van der Waals surface area contributed by atoms with Crippen LogP contribution in [0.1, 0.15) is 48.4 Å². The number of halogens is 2. The van der Waals surface area contributed by atoms with Crippen molar-refractivity contribution in [2.75, 3.05) is 13.1 Å². The summed E-state index contributed by atoms with van der Waals surface area (Å²) < 4.78 is 27.2. The minimum absolute atomic E-state index is 0.0212. The van der Waals surface area contributed by atoms with Gasteiger partial charge in [-0.2, -0.15) is 0 Å². The first kappa shape index (κ1) is 22.6. The van der Waals surface area contributed by atoms with Gasteiger partial charge >= 0.3 is 0 Å². The molecule has 0 bridgehead atoms. The minimum Gasteiger partial charge on any atom is -0.349 e. The number of nitrogens with one attached hydrogen (secondary N) is 1. The summed E-state index contributed by atoms with van der Waals surface area (Å²) in [6.45, 7) is 0.646. The number of amides is 1. The molecule has 1 unspecified atom stereocenters. The molecular weight excluding hydrogens is 455 g/mol. The van der Waals surface area contributed by atoms with E-state index in [1.165, 1.54) is 15.4 Å². The van der Waals surface area contributed by atoms with Crippen LogP contribution in [0.25, 0.3) is 0 Å². The topological polar surface area (TPSA) is 66.5 Å². The van der Waals surface area contributed by atoms with Gasteiger partial charge in [-0.3, -0.25) is 4.79 Å². The lowest BCUT2D eigenvalue weighted by molar-refractivity contribution is -0.127. The van der Waals surface area contributed by atoms with Crippen molar-refractivity contribution in [3.05, 3.63) is 69.2 Å². The second-order valence-electron chi connectivity index (χ2n) is 8.28. The van der Waals surface area contributed by atoms with Crippen molar-refractivity contribution < 1.29 is 13.2 Å². The van der Waals surface area contributed by atoms with Crippen LogP contribution in [-0.4, -0.2) is 31.7 Å². The quantitative estimate of drug-likeness (QED) is 0.672. The van der Waals surface area contributed by atoms with E-state index in [4.69, 9.17) is 23.2 Å². The Kier molecular flexibility index (Phi) is 6.92. The van der Waals surface area contributed by atoms with Crippen LogP contribution in [0.4, 0.5) is 0 Å². The smallest absolute Gasteiger partial charge is 0.223 e. The molecule has 2 aliphatic rings. The molecule has 1 saturated heterocycles. The molecule has 2 aromatic rings. The Morgan fingerprint density at radius 1 is 1.00 bits per heavy atom. The molecule has 0 saturated carbocycles. The number of carbonyl (C=O) groups excluding carboxylic acids is 1. The van der Waals surface area contributed by atoms with Crippen molar-refractivity contribution in [2.45, 2.75) is 43.9 Å². The maximum Gasteiger partial charge on any atom is 0.223 e. The molecule has 166 valence electrons. The number of hydrogen-bond donors (Lipinski definition) is 1. The van der Waals surface area contributed by atoms with Gasteiger partial charge in [-0.1, -0.05) is 53.5 Å². The lowest BCUT2D eigenvalue weighted by Gasteiger charge is -2.33. The number of carbonyl (C=O) groups is 1. The van der Waals surface area contributed by atoms with Crippen LogP contribution in [0.3, 0.4) is 0 Å². The largest absolute Gasteiger partial charge is 0.349 e. The number of benzene rings is 2. The Morgan fingerprint density at radius 3 is 2.39 bits per heavy atom. The lowest BCUT2D eigenvalue weighted by Crippen LogP contribution is -2.44. The number of piperidine rings is 1. The molecule has 1 heterocycles. The van der Waals surface area contributed by atoms with Gasteiger partial charge < -0.3 is 5.32 Å². The predicted octanol–water partition coefficient (Wildman–Crippen LogP) is 4.73. The fourth-order valence-corrected chi connectivity index (χ4v) is 6.85. The van der Waals surface area contributed by atoms with Gasteiger partial charge in [0, 0.05) is 34.6 Å². The SMILES string of the molecule is O=C(NC1CCCc2ccccc21)C1CCN(S(=O)(=O)Cc2c(Cl)cccc2Cl)CC1. The molecule has 5 nitrogen and oxygen atoms in total. The number of nitrogens with zero attached hydrogens (tertiary/aromatic N) is 1. The van der Waals surface area contributed by atoms with E-state index in [1.54, 1.807) is 18.2 Å². The van der Waals surface area contributed by atoms with Gasteiger partial charge in [0.1, 0.15) is 0 Å². The summed E-state index contributed by atoms with van der Waals surface area (Å²) in [5.74, 6) is -0.390. The van der Waals surface area contributed by atoms with E-state index in [9.17, 15) is 13.2 Å². The first-order valence-corrected chi connectivity index (χ1v) is 13.0. The monoisotopic (exact) mass is 480 g/mol. The molecule has 31 heavy (non-hydrogen) atoms. The van der Waals surface area contributed by atoms with Gasteiger partial charge in [-0.15, -0.1) is 0 Å². The van der Waals surface area contributed by atoms with Gasteiger partial charge in [0.15, 0.2) is 0 Å². The third kappa shape index (κ3) is 5.08. The Balaban J connectivity index is 1.36. The average molecular weight is 481 g/mol. The fraction of sp³-hybridized carbons (Fsp3) is 0.435. The molecule has 2 aromatic carbocycles. The van der Waals surface area contributed by atoms with E-state index >= 15 is 0 Å². The maximum absolute atomic E-state index is 12.9. The van der Waals surface area contributed by atoms with Crippen LogP contribution >= 0.6 is 23.2 Å². The summed E-state index contributed by atoms with van der Waals surface area (Å²) >= 11 is 12.3. The number of hydrogen-bond acceptors (Lipinski definition) is 3. The zero-order valence-corrected chi connectivity index (χ0v) is 19.5. The van der Waals surface area contributed by atoms with Gasteiger partial charge in [0.2, 0.25) is 15.9 Å². The second-order valence-corrected chi connectivity index (χ2v) is 11.1. The number of rotatable bonds is 5. The predicted molar refractivity (Wildman–Crippen MR) is 124 cm³/mol. The first-order valence-electron chi connectivity index (χ1n) is 10.6. The molecular formula is C23H26Cl2N2O3S. The highest BCUT2D eigenvalue weighted by molar-refractivity contribution is 7.88. The molecule has 1 aliphatic heterocycles. The molecule has 4 rings (SSSR count). The van der Waals surface area contributed by atoms with Crippen molar-refractivity contribution in [3.8, 4) is 0 Å². The van der Waals surface area contributed by atoms with Crippen molar-refractivity contribution in [1.29, 1.82) is 0 Å². The molecule has 1 N–H and O–H groups in total. The van der Waals surface area contributed by atoms with Crippen LogP contribution in [0, 0.1) is 5.92 Å². The number of fused-ring (bicyclic) bond motifs is 1. The maximum atomic E-state index is 12.9. The van der Waals surface area contributed by atoms with E-state index in [2.05, 4.69) is 17.4 Å². The molecule has 1 aliphatic carbocycles. The van der Waals surface area contributed by atoms with E-state index in [1.807, 2.05) is 12.1 Å². The third-order valence-corrected chi connectivity index (χ3v) is 8.81. The summed E-state index contributed by atoms with van der Waals surface area (Å²) in [6.07, 6.45) is 4.07. The zero-order valence-electron chi connectivity index (χ0n) is 17.2. The van der Waals surface area contributed by atoms with Gasteiger partial charge in [-0.25, -0.2) is 12.7 Å². The molecule has 8 heteroatoms. The molecule has 1 atom stereocenters. The molecule has 0 spiro atoms. The van der Waals surface area contributed by atoms with E-state index in [0.29, 0.717) is 41.5 Å². The number of sulfonamides is 1. The normalized spacial score (nSPS) is 20.3. The lowest BCUT2D eigenvalue weighted by atomic mass is 9.87. The van der Waals surface area contributed by atoms with Gasteiger partial charge in [0.05, 0.1) is 11.8 Å². The molecule has 1 amide bonds. The summed E-state index contributed by atoms with van der Waals surface area (Å²) in [4.78, 5) is 12.9. The van der Waals surface area contributed by atoms with Crippen LogP contribution in [0.2, 0.25) is 10.0 Å². The summed E-state index contributed by atoms with van der Waals surface area (Å²) in [5, 5.41) is 3.90. The minimum atomic E-state index is -3.56. The number of aryl methyl sites for hydroxylation is 1. The highest BCUT2D eigenvalue weighted by Crippen LogP contribution is 2.31. The van der Waals surface area contributed by atoms with Gasteiger partial charge in [-0.05, 0) is 55.4 Å². The molecule has 1 fully saturated rings. The molecule has 0 aromatic heterocycles. The van der Waals surface area contributed by atoms with Crippen LogP contribution in [-0.2, 0) is 27.0 Å². The van der Waals surface area contributed by atoms with E-state index < -0.39 is 10.0 Å². The zero-order chi connectivity index (χ0) is 22.0. The van der Waals surface area contributed by atoms with E-state index in [-0.39, 0.29) is 23.6 Å². The Hall–Kier alpha value is -1.60. The average Bonchev–Trinajstić information content (AvgIpc) is 2.77. The van der Waals surface area contributed by atoms with Crippen LogP contribution in [0.15, 0.2) is 42.5 Å². The fourth-order valence-electron chi connectivity index (χ4n) is 4.53. The Labute approximate surface area is 193 Å². The van der Waals surface area contributed by atoms with Crippen molar-refractivity contribution in [1.82, 2.24) is 9.62 Å².